The van der Waals surface area contributed by atoms with Gasteiger partial charge in [-0.1, -0.05) is 30.3 Å². The van der Waals surface area contributed by atoms with Gasteiger partial charge in [0, 0.05) is 36.9 Å². The number of benzene rings is 1. The fourth-order valence-electron chi connectivity index (χ4n) is 4.66. The predicted molar refractivity (Wildman–Crippen MR) is 100 cm³/mol. The molecule has 1 aromatic carbocycles. The first-order valence-electron chi connectivity index (χ1n) is 8.96. The summed E-state index contributed by atoms with van der Waals surface area (Å²) in [5, 5.41) is 1.92. The number of rotatable bonds is 3. The van der Waals surface area contributed by atoms with Gasteiger partial charge in [-0.3, -0.25) is 14.1 Å². The monoisotopic (exact) mass is 351 g/mol. The molecule has 5 rings (SSSR count). The highest BCUT2D eigenvalue weighted by molar-refractivity contribution is 7.15. The van der Waals surface area contributed by atoms with Gasteiger partial charge < -0.3 is 0 Å². The summed E-state index contributed by atoms with van der Waals surface area (Å²) in [4.78, 5) is 20.5. The molecule has 0 N–H and O–H groups in total. The number of thiazole rings is 1. The normalized spacial score (nSPS) is 27.2. The van der Waals surface area contributed by atoms with Gasteiger partial charge >= 0.3 is 0 Å². The van der Waals surface area contributed by atoms with Crippen molar-refractivity contribution in [3.05, 3.63) is 69.6 Å². The fraction of sp³-hybridized carbons (Fsp3) is 0.400. The first-order valence-corrected chi connectivity index (χ1v) is 9.84. The second-order valence-corrected chi connectivity index (χ2v) is 8.25. The minimum Gasteiger partial charge on any atom is -0.296 e. The van der Waals surface area contributed by atoms with Crippen molar-refractivity contribution in [2.45, 2.75) is 25.3 Å². The maximum Gasteiger partial charge on any atom is 0.263 e. The molecule has 5 heteroatoms. The van der Waals surface area contributed by atoms with Crippen LogP contribution < -0.4 is 5.56 Å². The van der Waals surface area contributed by atoms with Crippen molar-refractivity contribution in [1.82, 2.24) is 14.3 Å². The number of nitrogens with zero attached hydrogens (tertiary/aromatic N) is 3. The van der Waals surface area contributed by atoms with Crippen LogP contribution >= 0.6 is 11.3 Å². The van der Waals surface area contributed by atoms with Crippen LogP contribution in [0.4, 0.5) is 0 Å². The van der Waals surface area contributed by atoms with Crippen LogP contribution in [-0.2, 0) is 0 Å². The average molecular weight is 351 g/mol. The summed E-state index contributed by atoms with van der Waals surface area (Å²) in [6, 6.07) is 11.0. The van der Waals surface area contributed by atoms with E-state index in [1.807, 2.05) is 11.6 Å². The van der Waals surface area contributed by atoms with Crippen LogP contribution in [0.25, 0.3) is 4.96 Å². The Morgan fingerprint density at radius 2 is 2.08 bits per heavy atom. The quantitative estimate of drug-likeness (QED) is 0.724. The summed E-state index contributed by atoms with van der Waals surface area (Å²) in [6.07, 6.45) is 4.89. The van der Waals surface area contributed by atoms with Crippen molar-refractivity contribution < 1.29 is 0 Å². The van der Waals surface area contributed by atoms with E-state index in [4.69, 9.17) is 0 Å². The standard InChI is InChI=1S/C20H21N3OS/c1-13(17-10-21-20-23(19(17)24)7-8-25-20)22-11-15-9-16(18(15)12-22)14-5-3-2-4-6-14/h2-8,10,13,15-16,18H,9,11-12H2,1H3. The predicted octanol–water partition coefficient (Wildman–Crippen LogP) is 3.55. The lowest BCUT2D eigenvalue weighted by Crippen LogP contribution is -2.33. The maximum atomic E-state index is 12.8. The van der Waals surface area contributed by atoms with Crippen LogP contribution in [0.3, 0.4) is 0 Å². The molecule has 1 saturated carbocycles. The zero-order valence-electron chi connectivity index (χ0n) is 14.2. The second-order valence-electron chi connectivity index (χ2n) is 7.38. The van der Waals surface area contributed by atoms with Gasteiger partial charge in [0.05, 0.1) is 5.56 Å². The van der Waals surface area contributed by atoms with E-state index in [1.54, 1.807) is 10.6 Å². The van der Waals surface area contributed by atoms with E-state index < -0.39 is 0 Å². The van der Waals surface area contributed by atoms with Gasteiger partial charge in [0.15, 0.2) is 4.96 Å². The Kier molecular flexibility index (Phi) is 3.54. The Morgan fingerprint density at radius 3 is 2.92 bits per heavy atom. The van der Waals surface area contributed by atoms with Crippen molar-refractivity contribution in [2.24, 2.45) is 11.8 Å². The Labute approximate surface area is 150 Å². The van der Waals surface area contributed by atoms with Crippen molar-refractivity contribution >= 4 is 16.3 Å². The molecule has 2 aromatic heterocycles. The molecule has 1 saturated heterocycles. The molecule has 128 valence electrons. The molecular weight excluding hydrogens is 330 g/mol. The van der Waals surface area contributed by atoms with Crippen LogP contribution in [0.15, 0.2) is 52.9 Å². The van der Waals surface area contributed by atoms with E-state index in [9.17, 15) is 4.79 Å². The minimum absolute atomic E-state index is 0.0811. The minimum atomic E-state index is 0.0811. The van der Waals surface area contributed by atoms with Gasteiger partial charge in [0.25, 0.3) is 5.56 Å². The van der Waals surface area contributed by atoms with Gasteiger partial charge in [-0.15, -0.1) is 11.3 Å². The molecule has 0 spiro atoms. The number of hydrogen-bond donors (Lipinski definition) is 0. The van der Waals surface area contributed by atoms with Crippen molar-refractivity contribution in [1.29, 1.82) is 0 Å². The third-order valence-corrected chi connectivity index (χ3v) is 6.96. The van der Waals surface area contributed by atoms with Crippen LogP contribution in [0.5, 0.6) is 0 Å². The molecule has 0 amide bonds. The van der Waals surface area contributed by atoms with Gasteiger partial charge in [-0.05, 0) is 36.7 Å². The molecule has 1 aliphatic heterocycles. The second kappa shape index (κ2) is 5.78. The molecule has 4 unspecified atom stereocenters. The highest BCUT2D eigenvalue weighted by Crippen LogP contribution is 2.52. The lowest BCUT2D eigenvalue weighted by molar-refractivity contribution is 0.191. The van der Waals surface area contributed by atoms with Crippen molar-refractivity contribution in [3.8, 4) is 0 Å². The molecule has 25 heavy (non-hydrogen) atoms. The summed E-state index contributed by atoms with van der Waals surface area (Å²) in [5.74, 6) is 2.18. The number of aromatic nitrogens is 2. The molecule has 2 fully saturated rings. The number of hydrogen-bond acceptors (Lipinski definition) is 4. The molecule has 4 atom stereocenters. The molecule has 0 bridgehead atoms. The van der Waals surface area contributed by atoms with Gasteiger partial charge in [-0.25, -0.2) is 4.98 Å². The fourth-order valence-corrected chi connectivity index (χ4v) is 5.34. The first-order chi connectivity index (χ1) is 12.2. The molecule has 4 nitrogen and oxygen atoms in total. The Morgan fingerprint density at radius 1 is 1.24 bits per heavy atom. The molecule has 1 aliphatic carbocycles. The third-order valence-electron chi connectivity index (χ3n) is 6.19. The largest absolute Gasteiger partial charge is 0.296 e. The molecule has 3 aromatic rings. The molecule has 0 radical (unpaired) electrons. The molecule has 2 aliphatic rings. The van der Waals surface area contributed by atoms with Gasteiger partial charge in [0.2, 0.25) is 0 Å². The van der Waals surface area contributed by atoms with E-state index in [0.717, 1.165) is 35.4 Å². The number of fused-ring (bicyclic) bond motifs is 2. The van der Waals surface area contributed by atoms with Crippen LogP contribution in [0.1, 0.15) is 36.4 Å². The highest BCUT2D eigenvalue weighted by atomic mass is 32.1. The summed E-state index contributed by atoms with van der Waals surface area (Å²) in [5.41, 5.74) is 2.37. The zero-order valence-corrected chi connectivity index (χ0v) is 15.0. The van der Waals surface area contributed by atoms with E-state index in [2.05, 4.69) is 47.1 Å². The topological polar surface area (TPSA) is 37.6 Å². The Hall–Kier alpha value is -1.98. The van der Waals surface area contributed by atoms with Crippen LogP contribution in [-0.4, -0.2) is 27.4 Å². The summed E-state index contributed by atoms with van der Waals surface area (Å²) in [7, 11) is 0. The van der Waals surface area contributed by atoms with E-state index in [0.29, 0.717) is 5.92 Å². The van der Waals surface area contributed by atoms with E-state index in [1.165, 1.54) is 23.3 Å². The highest BCUT2D eigenvalue weighted by Gasteiger charge is 2.48. The van der Waals surface area contributed by atoms with Crippen molar-refractivity contribution in [2.75, 3.05) is 13.1 Å². The van der Waals surface area contributed by atoms with Crippen LogP contribution in [0, 0.1) is 11.8 Å². The smallest absolute Gasteiger partial charge is 0.263 e. The average Bonchev–Trinajstić information content (AvgIpc) is 3.22. The SMILES string of the molecule is CC(c1cnc2sccn2c1=O)N1CC2CC(c3ccccc3)C2C1. The molecular formula is C20H21N3OS. The molecule has 3 heterocycles. The zero-order chi connectivity index (χ0) is 17.0. The Bertz CT molecular complexity index is 964. The van der Waals surface area contributed by atoms with Gasteiger partial charge in [0.1, 0.15) is 0 Å². The summed E-state index contributed by atoms with van der Waals surface area (Å²) >= 11 is 1.50. The van der Waals surface area contributed by atoms with E-state index >= 15 is 0 Å². The number of likely N-dealkylation sites (tertiary alicyclic amines) is 1. The Balaban J connectivity index is 1.38. The lowest BCUT2D eigenvalue weighted by Gasteiger charge is -2.40. The summed E-state index contributed by atoms with van der Waals surface area (Å²) in [6.45, 7) is 4.33. The summed E-state index contributed by atoms with van der Waals surface area (Å²) < 4.78 is 1.67. The lowest BCUT2D eigenvalue weighted by atomic mass is 9.64. The maximum absolute atomic E-state index is 12.8. The van der Waals surface area contributed by atoms with Crippen molar-refractivity contribution in [3.63, 3.8) is 0 Å². The van der Waals surface area contributed by atoms with Crippen LogP contribution in [0.2, 0.25) is 0 Å². The third kappa shape index (κ3) is 2.37. The van der Waals surface area contributed by atoms with E-state index in [-0.39, 0.29) is 11.6 Å². The van der Waals surface area contributed by atoms with Gasteiger partial charge in [-0.2, -0.15) is 0 Å². The first kappa shape index (κ1) is 15.3.